The molecule has 1 atom stereocenters. The van der Waals surface area contributed by atoms with E-state index in [1.165, 1.54) is 5.56 Å². The summed E-state index contributed by atoms with van der Waals surface area (Å²) >= 11 is 0. The molecule has 1 N–H and O–H groups in total. The van der Waals surface area contributed by atoms with Crippen molar-refractivity contribution in [3.8, 4) is 0 Å². The third-order valence-electron chi connectivity index (χ3n) is 5.41. The maximum Gasteiger partial charge on any atom is 0.227 e. The number of carbonyl (C=O) groups excluding carboxylic acids is 1. The van der Waals surface area contributed by atoms with Gasteiger partial charge in [0.2, 0.25) is 5.91 Å². The molecule has 2 heterocycles. The Morgan fingerprint density at radius 2 is 1.89 bits per heavy atom. The van der Waals surface area contributed by atoms with Crippen molar-refractivity contribution in [2.45, 2.75) is 38.3 Å². The Bertz CT molecular complexity index is 930. The van der Waals surface area contributed by atoms with E-state index in [2.05, 4.69) is 37.0 Å². The lowest BCUT2D eigenvalue weighted by atomic mass is 9.97. The van der Waals surface area contributed by atoms with Crippen molar-refractivity contribution >= 4 is 16.8 Å². The number of rotatable bonds is 4. The van der Waals surface area contributed by atoms with Crippen LogP contribution in [0.4, 0.5) is 0 Å². The number of fused-ring (bicyclic) bond motifs is 1. The Morgan fingerprint density at radius 3 is 2.70 bits per heavy atom. The molecule has 1 aliphatic heterocycles. The van der Waals surface area contributed by atoms with Crippen LogP contribution in [0.3, 0.4) is 0 Å². The Morgan fingerprint density at radius 1 is 1.15 bits per heavy atom. The highest BCUT2D eigenvalue weighted by Crippen LogP contribution is 2.26. The number of morpholine rings is 1. The van der Waals surface area contributed by atoms with Crippen LogP contribution in [0.15, 0.2) is 60.8 Å². The van der Waals surface area contributed by atoms with E-state index in [4.69, 9.17) is 4.74 Å². The predicted octanol–water partition coefficient (Wildman–Crippen LogP) is 3.96. The van der Waals surface area contributed by atoms with Crippen molar-refractivity contribution in [3.05, 3.63) is 71.9 Å². The van der Waals surface area contributed by atoms with Crippen molar-refractivity contribution in [2.24, 2.45) is 0 Å². The summed E-state index contributed by atoms with van der Waals surface area (Å²) < 4.78 is 6.08. The number of aromatic nitrogens is 1. The van der Waals surface area contributed by atoms with Crippen LogP contribution in [0.5, 0.6) is 0 Å². The fourth-order valence-electron chi connectivity index (χ4n) is 3.88. The number of hydrogen-bond donors (Lipinski definition) is 1. The minimum Gasteiger partial charge on any atom is -0.374 e. The summed E-state index contributed by atoms with van der Waals surface area (Å²) in [5.41, 5.74) is 3.07. The molecule has 1 aromatic heterocycles. The zero-order valence-electron chi connectivity index (χ0n) is 15.9. The first-order valence-electron chi connectivity index (χ1n) is 9.54. The van der Waals surface area contributed by atoms with Gasteiger partial charge < -0.3 is 14.6 Å². The van der Waals surface area contributed by atoms with Crippen molar-refractivity contribution < 1.29 is 9.53 Å². The lowest BCUT2D eigenvalue weighted by Gasteiger charge is -2.45. The molecule has 27 heavy (non-hydrogen) atoms. The van der Waals surface area contributed by atoms with E-state index in [9.17, 15) is 4.79 Å². The van der Waals surface area contributed by atoms with Gasteiger partial charge in [-0.2, -0.15) is 0 Å². The quantitative estimate of drug-likeness (QED) is 0.764. The molecule has 1 fully saturated rings. The molecule has 0 radical (unpaired) electrons. The highest BCUT2D eigenvalue weighted by atomic mass is 16.5. The van der Waals surface area contributed by atoms with E-state index in [0.29, 0.717) is 19.6 Å². The highest BCUT2D eigenvalue weighted by Gasteiger charge is 2.38. The summed E-state index contributed by atoms with van der Waals surface area (Å²) in [7, 11) is 0. The average Bonchev–Trinajstić information content (AvgIpc) is 3.07. The van der Waals surface area contributed by atoms with Crippen molar-refractivity contribution in [1.82, 2.24) is 9.88 Å². The fraction of sp³-hybridized carbons (Fsp3) is 0.348. The fourth-order valence-corrected chi connectivity index (χ4v) is 3.88. The van der Waals surface area contributed by atoms with Gasteiger partial charge in [-0.05, 0) is 31.0 Å². The normalized spacial score (nSPS) is 19.3. The zero-order valence-corrected chi connectivity index (χ0v) is 15.9. The number of nitrogens with zero attached hydrogens (tertiary/aromatic N) is 1. The minimum atomic E-state index is -0.295. The number of para-hydroxylation sites is 1. The number of nitrogens with one attached hydrogen (secondary N) is 1. The maximum absolute atomic E-state index is 13.2. The first kappa shape index (κ1) is 17.8. The molecule has 0 spiro atoms. The second-order valence-electron chi connectivity index (χ2n) is 7.98. The van der Waals surface area contributed by atoms with E-state index in [-0.39, 0.29) is 17.6 Å². The Labute approximate surface area is 160 Å². The van der Waals surface area contributed by atoms with Crippen molar-refractivity contribution in [2.75, 3.05) is 13.2 Å². The third-order valence-corrected chi connectivity index (χ3v) is 5.41. The molecular formula is C23H26N2O2. The van der Waals surface area contributed by atoms with E-state index in [1.54, 1.807) is 0 Å². The van der Waals surface area contributed by atoms with E-state index in [1.807, 2.05) is 47.5 Å². The topological polar surface area (TPSA) is 45.3 Å². The predicted molar refractivity (Wildman–Crippen MR) is 108 cm³/mol. The average molecular weight is 362 g/mol. The van der Waals surface area contributed by atoms with Gasteiger partial charge in [0.1, 0.15) is 0 Å². The Kier molecular flexibility index (Phi) is 4.75. The van der Waals surface area contributed by atoms with Gasteiger partial charge in [-0.3, -0.25) is 4.79 Å². The van der Waals surface area contributed by atoms with Crippen LogP contribution >= 0.6 is 0 Å². The van der Waals surface area contributed by atoms with Gasteiger partial charge in [0.15, 0.2) is 0 Å². The van der Waals surface area contributed by atoms with Gasteiger partial charge in [0, 0.05) is 30.1 Å². The molecule has 0 bridgehead atoms. The summed E-state index contributed by atoms with van der Waals surface area (Å²) in [6.45, 7) is 5.35. The van der Waals surface area contributed by atoms with Gasteiger partial charge in [-0.25, -0.2) is 0 Å². The summed E-state index contributed by atoms with van der Waals surface area (Å²) in [6.07, 6.45) is 3.23. The maximum atomic E-state index is 13.2. The number of H-pyrrole nitrogens is 1. The van der Waals surface area contributed by atoms with Crippen molar-refractivity contribution in [1.29, 1.82) is 0 Å². The summed E-state index contributed by atoms with van der Waals surface area (Å²) in [4.78, 5) is 18.4. The van der Waals surface area contributed by atoms with Crippen molar-refractivity contribution in [3.63, 3.8) is 0 Å². The molecular weight excluding hydrogens is 336 g/mol. The Hall–Kier alpha value is -2.59. The number of amides is 1. The van der Waals surface area contributed by atoms with Gasteiger partial charge in [0.05, 0.1) is 24.7 Å². The number of aromatic amines is 1. The molecule has 1 aliphatic rings. The number of carbonyl (C=O) groups is 1. The second-order valence-corrected chi connectivity index (χ2v) is 7.98. The molecule has 4 heteroatoms. The molecule has 3 aromatic rings. The molecule has 1 amide bonds. The molecule has 4 nitrogen and oxygen atoms in total. The number of benzene rings is 2. The lowest BCUT2D eigenvalue weighted by molar-refractivity contribution is -0.153. The highest BCUT2D eigenvalue weighted by molar-refractivity contribution is 5.89. The van der Waals surface area contributed by atoms with Gasteiger partial charge in [-0.1, -0.05) is 48.5 Å². The minimum absolute atomic E-state index is 0.0346. The monoisotopic (exact) mass is 362 g/mol. The summed E-state index contributed by atoms with van der Waals surface area (Å²) in [5.74, 6) is 0.158. The molecule has 0 aliphatic carbocycles. The summed E-state index contributed by atoms with van der Waals surface area (Å²) in [6, 6.07) is 18.5. The Balaban J connectivity index is 1.50. The zero-order chi connectivity index (χ0) is 18.9. The first-order chi connectivity index (χ1) is 13.0. The molecule has 4 rings (SSSR count). The van der Waals surface area contributed by atoms with Crippen LogP contribution in [-0.2, 0) is 22.4 Å². The number of ether oxygens (including phenoxy) is 1. The smallest absolute Gasteiger partial charge is 0.227 e. The molecule has 2 aromatic carbocycles. The molecule has 1 saturated heterocycles. The van der Waals surface area contributed by atoms with Crippen LogP contribution < -0.4 is 0 Å². The first-order valence-corrected chi connectivity index (χ1v) is 9.54. The second kappa shape index (κ2) is 7.20. The van der Waals surface area contributed by atoms with Crippen LogP contribution in [0.2, 0.25) is 0 Å². The van der Waals surface area contributed by atoms with Crippen LogP contribution in [0.25, 0.3) is 10.9 Å². The molecule has 1 unspecified atom stereocenters. The van der Waals surface area contributed by atoms with E-state index < -0.39 is 0 Å². The van der Waals surface area contributed by atoms with Gasteiger partial charge >= 0.3 is 0 Å². The van der Waals surface area contributed by atoms with Crippen LogP contribution in [-0.4, -0.2) is 40.6 Å². The standard InChI is InChI=1S/C23H26N2O2/c1-23(2)16-27-19(12-17-8-4-3-5-9-17)15-25(23)22(26)13-18-14-24-21-11-7-6-10-20(18)21/h3-11,14,19,24H,12-13,15-16H2,1-2H3. The van der Waals surface area contributed by atoms with Crippen LogP contribution in [0, 0.1) is 0 Å². The van der Waals surface area contributed by atoms with E-state index in [0.717, 1.165) is 22.9 Å². The molecule has 140 valence electrons. The van der Waals surface area contributed by atoms with Gasteiger partial charge in [0.25, 0.3) is 0 Å². The number of hydrogen-bond acceptors (Lipinski definition) is 2. The lowest BCUT2D eigenvalue weighted by Crippen LogP contribution is -2.59. The van der Waals surface area contributed by atoms with E-state index >= 15 is 0 Å². The summed E-state index contributed by atoms with van der Waals surface area (Å²) in [5, 5.41) is 1.12. The third kappa shape index (κ3) is 3.76. The van der Waals surface area contributed by atoms with Gasteiger partial charge in [-0.15, -0.1) is 0 Å². The largest absolute Gasteiger partial charge is 0.374 e. The SMILES string of the molecule is CC1(C)COC(Cc2ccccc2)CN1C(=O)Cc1c[nH]c2ccccc12. The molecule has 0 saturated carbocycles. The van der Waals surface area contributed by atoms with Crippen LogP contribution in [0.1, 0.15) is 25.0 Å².